The van der Waals surface area contributed by atoms with Crippen molar-refractivity contribution in [3.8, 4) is 5.75 Å². The minimum Gasteiger partial charge on any atom is -0.491 e. The number of fused-ring (bicyclic) bond motifs is 1. The summed E-state index contributed by atoms with van der Waals surface area (Å²) in [5.41, 5.74) is 2.72. The van der Waals surface area contributed by atoms with E-state index in [2.05, 4.69) is 46.0 Å². The fourth-order valence-corrected chi connectivity index (χ4v) is 3.84. The van der Waals surface area contributed by atoms with Gasteiger partial charge in [-0.3, -0.25) is 4.90 Å². The molecule has 0 N–H and O–H groups in total. The summed E-state index contributed by atoms with van der Waals surface area (Å²) < 4.78 is 12.6. The van der Waals surface area contributed by atoms with Crippen molar-refractivity contribution < 1.29 is 14.3 Å². The van der Waals surface area contributed by atoms with Crippen LogP contribution < -0.4 is 4.74 Å². The molecule has 28 heavy (non-hydrogen) atoms. The van der Waals surface area contributed by atoms with Crippen LogP contribution in [0.1, 0.15) is 49.2 Å². The fraction of sp³-hybridized carbons (Fsp3) is 0.435. The third-order valence-corrected chi connectivity index (χ3v) is 5.32. The van der Waals surface area contributed by atoms with Crippen molar-refractivity contribution in [3.63, 3.8) is 0 Å². The van der Waals surface area contributed by atoms with Crippen molar-refractivity contribution in [3.05, 3.63) is 63.6 Å². The lowest BCUT2D eigenvalue weighted by atomic mass is 9.95. The molecule has 0 spiro atoms. The molecule has 2 aromatic rings. The van der Waals surface area contributed by atoms with Crippen LogP contribution in [-0.4, -0.2) is 35.7 Å². The van der Waals surface area contributed by atoms with E-state index in [-0.39, 0.29) is 5.97 Å². The number of carbonyl (C=O) groups is 1. The van der Waals surface area contributed by atoms with Gasteiger partial charge in [0.15, 0.2) is 0 Å². The average Bonchev–Trinajstić information content (AvgIpc) is 2.61. The zero-order chi connectivity index (χ0) is 20.3. The highest BCUT2D eigenvalue weighted by Gasteiger charge is 2.24. The lowest BCUT2D eigenvalue weighted by molar-refractivity contribution is 0.00653. The second-order valence-electron chi connectivity index (χ2n) is 8.28. The smallest absolute Gasteiger partial charge is 0.342 e. The van der Waals surface area contributed by atoms with E-state index in [9.17, 15) is 4.79 Å². The number of hydrogen-bond donors (Lipinski definition) is 0. The maximum atomic E-state index is 12.5. The topological polar surface area (TPSA) is 38.8 Å². The molecule has 0 amide bonds. The number of carbonyl (C=O) groups excluding carboxylic acids is 1. The Bertz CT molecular complexity index is 844. The SMILES string of the molecule is CC1Cc2ccc(Br)cc2CN1CCOc1ccccc1C(=O)OC(C)(C)C. The summed E-state index contributed by atoms with van der Waals surface area (Å²) in [6.07, 6.45) is 1.04. The Balaban J connectivity index is 1.62. The maximum Gasteiger partial charge on any atom is 0.342 e. The first kappa shape index (κ1) is 20.9. The van der Waals surface area contributed by atoms with Crippen LogP contribution in [0.15, 0.2) is 46.9 Å². The Morgan fingerprint density at radius 2 is 1.93 bits per heavy atom. The van der Waals surface area contributed by atoms with Gasteiger partial charge in [0.05, 0.1) is 0 Å². The number of ether oxygens (including phenoxy) is 2. The highest BCUT2D eigenvalue weighted by molar-refractivity contribution is 9.10. The van der Waals surface area contributed by atoms with E-state index in [1.54, 1.807) is 6.07 Å². The predicted octanol–water partition coefficient (Wildman–Crippen LogP) is 5.23. The molecule has 0 aromatic heterocycles. The van der Waals surface area contributed by atoms with E-state index >= 15 is 0 Å². The number of halogens is 1. The molecule has 1 aliphatic heterocycles. The van der Waals surface area contributed by atoms with Gasteiger partial charge in [0, 0.05) is 23.6 Å². The minimum atomic E-state index is -0.533. The third-order valence-electron chi connectivity index (χ3n) is 4.82. The van der Waals surface area contributed by atoms with Gasteiger partial charge >= 0.3 is 5.97 Å². The van der Waals surface area contributed by atoms with Gasteiger partial charge in [-0.2, -0.15) is 0 Å². The summed E-state index contributed by atoms with van der Waals surface area (Å²) >= 11 is 3.56. The Morgan fingerprint density at radius 3 is 2.68 bits per heavy atom. The molecule has 2 aromatic carbocycles. The summed E-state index contributed by atoms with van der Waals surface area (Å²) in [6.45, 7) is 10.1. The molecule has 0 bridgehead atoms. The zero-order valence-electron chi connectivity index (χ0n) is 17.0. The van der Waals surface area contributed by atoms with Gasteiger partial charge in [0.25, 0.3) is 0 Å². The Morgan fingerprint density at radius 1 is 1.18 bits per heavy atom. The van der Waals surface area contributed by atoms with E-state index in [0.29, 0.717) is 24.0 Å². The maximum absolute atomic E-state index is 12.5. The molecule has 3 rings (SSSR count). The van der Waals surface area contributed by atoms with Crippen LogP contribution in [0, 0.1) is 0 Å². The molecule has 0 radical (unpaired) electrons. The number of esters is 1. The Labute approximate surface area is 176 Å². The van der Waals surface area contributed by atoms with Crippen LogP contribution in [0.3, 0.4) is 0 Å². The molecule has 4 nitrogen and oxygen atoms in total. The lowest BCUT2D eigenvalue weighted by Gasteiger charge is -2.34. The van der Waals surface area contributed by atoms with Gasteiger partial charge in [-0.25, -0.2) is 4.79 Å². The van der Waals surface area contributed by atoms with Gasteiger partial charge in [-0.05, 0) is 69.5 Å². The van der Waals surface area contributed by atoms with Crippen molar-refractivity contribution in [2.24, 2.45) is 0 Å². The highest BCUT2D eigenvalue weighted by atomic mass is 79.9. The normalized spacial score (nSPS) is 17.1. The first-order valence-electron chi connectivity index (χ1n) is 9.69. The minimum absolute atomic E-state index is 0.354. The largest absolute Gasteiger partial charge is 0.491 e. The van der Waals surface area contributed by atoms with Crippen LogP contribution in [0.4, 0.5) is 0 Å². The number of rotatable bonds is 5. The molecule has 150 valence electrons. The summed E-state index contributed by atoms with van der Waals surface area (Å²) in [5.74, 6) is 0.220. The van der Waals surface area contributed by atoms with Gasteiger partial charge in [-0.1, -0.05) is 34.1 Å². The molecule has 0 saturated carbocycles. The Kier molecular flexibility index (Phi) is 6.46. The summed E-state index contributed by atoms with van der Waals surface area (Å²) in [5, 5.41) is 0. The lowest BCUT2D eigenvalue weighted by Crippen LogP contribution is -2.40. The third kappa shape index (κ3) is 5.36. The van der Waals surface area contributed by atoms with E-state index in [1.807, 2.05) is 39.0 Å². The average molecular weight is 446 g/mol. The molecule has 1 unspecified atom stereocenters. The number of para-hydroxylation sites is 1. The summed E-state index contributed by atoms with van der Waals surface area (Å²) in [6, 6.07) is 14.3. The van der Waals surface area contributed by atoms with Crippen molar-refractivity contribution >= 4 is 21.9 Å². The first-order chi connectivity index (χ1) is 13.2. The quantitative estimate of drug-likeness (QED) is 0.590. The highest BCUT2D eigenvalue weighted by Crippen LogP contribution is 2.26. The van der Waals surface area contributed by atoms with Crippen molar-refractivity contribution in [1.29, 1.82) is 0 Å². The number of nitrogens with zero attached hydrogens (tertiary/aromatic N) is 1. The number of benzene rings is 2. The number of hydrogen-bond acceptors (Lipinski definition) is 4. The molecule has 5 heteroatoms. The molecule has 1 heterocycles. The van der Waals surface area contributed by atoms with E-state index < -0.39 is 5.60 Å². The Hall–Kier alpha value is -1.85. The van der Waals surface area contributed by atoms with Crippen molar-refractivity contribution in [2.45, 2.75) is 52.3 Å². The standard InChI is InChI=1S/C23H28BrNO3/c1-16-13-17-9-10-19(24)14-18(17)15-25(16)11-12-27-21-8-6-5-7-20(21)22(26)28-23(2,3)4/h5-10,14,16H,11-13,15H2,1-4H3. The van der Waals surface area contributed by atoms with Crippen molar-refractivity contribution in [2.75, 3.05) is 13.2 Å². The molecule has 0 saturated heterocycles. The van der Waals surface area contributed by atoms with E-state index in [0.717, 1.165) is 24.0 Å². The predicted molar refractivity (Wildman–Crippen MR) is 115 cm³/mol. The monoisotopic (exact) mass is 445 g/mol. The van der Waals surface area contributed by atoms with Gasteiger partial charge in [0.2, 0.25) is 0 Å². The summed E-state index contributed by atoms with van der Waals surface area (Å²) in [7, 11) is 0. The fourth-order valence-electron chi connectivity index (χ4n) is 3.43. The van der Waals surface area contributed by atoms with E-state index in [4.69, 9.17) is 9.47 Å². The molecule has 0 aliphatic carbocycles. The summed E-state index contributed by atoms with van der Waals surface area (Å²) in [4.78, 5) is 14.9. The van der Waals surface area contributed by atoms with Crippen LogP contribution in [0.2, 0.25) is 0 Å². The van der Waals surface area contributed by atoms with Crippen LogP contribution in [-0.2, 0) is 17.7 Å². The van der Waals surface area contributed by atoms with Gasteiger partial charge in [0.1, 0.15) is 23.5 Å². The molecular formula is C23H28BrNO3. The molecule has 1 aliphatic rings. The second kappa shape index (κ2) is 8.66. The van der Waals surface area contributed by atoms with Crippen LogP contribution in [0.25, 0.3) is 0 Å². The second-order valence-corrected chi connectivity index (χ2v) is 9.20. The van der Waals surface area contributed by atoms with Crippen LogP contribution in [0.5, 0.6) is 5.75 Å². The van der Waals surface area contributed by atoms with E-state index in [1.165, 1.54) is 11.1 Å². The first-order valence-corrected chi connectivity index (χ1v) is 10.5. The molecular weight excluding hydrogens is 418 g/mol. The van der Waals surface area contributed by atoms with Crippen molar-refractivity contribution in [1.82, 2.24) is 4.90 Å². The zero-order valence-corrected chi connectivity index (χ0v) is 18.6. The molecule has 1 atom stereocenters. The van der Waals surface area contributed by atoms with Gasteiger partial charge < -0.3 is 9.47 Å². The molecule has 0 fully saturated rings. The van der Waals surface area contributed by atoms with Crippen LogP contribution >= 0.6 is 15.9 Å². The van der Waals surface area contributed by atoms with Gasteiger partial charge in [-0.15, -0.1) is 0 Å².